The second kappa shape index (κ2) is 5.67. The first-order valence-electron chi connectivity index (χ1n) is 6.30. The second-order valence-electron chi connectivity index (χ2n) is 5.48. The first kappa shape index (κ1) is 13.5. The van der Waals surface area contributed by atoms with Crippen molar-refractivity contribution in [3.63, 3.8) is 0 Å². The highest BCUT2D eigenvalue weighted by Crippen LogP contribution is 2.35. The predicted octanol–water partition coefficient (Wildman–Crippen LogP) is 2.94. The summed E-state index contributed by atoms with van der Waals surface area (Å²) < 4.78 is 5.70. The van der Waals surface area contributed by atoms with Crippen molar-refractivity contribution in [2.24, 2.45) is 17.8 Å². The van der Waals surface area contributed by atoms with E-state index in [1.165, 1.54) is 6.42 Å². The zero-order chi connectivity index (χ0) is 12.3. The van der Waals surface area contributed by atoms with Crippen LogP contribution in [0.5, 0.6) is 0 Å². The minimum Gasteiger partial charge on any atom is -0.479 e. The molecule has 1 N–H and O–H groups in total. The fourth-order valence-electron chi connectivity index (χ4n) is 2.59. The molecule has 1 fully saturated rings. The van der Waals surface area contributed by atoms with E-state index in [0.717, 1.165) is 12.8 Å². The van der Waals surface area contributed by atoms with Gasteiger partial charge in [-0.25, -0.2) is 4.79 Å². The van der Waals surface area contributed by atoms with Gasteiger partial charge in [0.05, 0.1) is 6.10 Å². The summed E-state index contributed by atoms with van der Waals surface area (Å²) in [6.07, 6.45) is 2.84. The fraction of sp³-hybridized carbons (Fsp3) is 0.923. The molecule has 3 heteroatoms. The van der Waals surface area contributed by atoms with Gasteiger partial charge in [0.1, 0.15) is 0 Å². The highest BCUT2D eigenvalue weighted by molar-refractivity contribution is 5.71. The number of ether oxygens (including phenoxy) is 1. The normalized spacial score (nSPS) is 32.7. The highest BCUT2D eigenvalue weighted by Gasteiger charge is 2.33. The third-order valence-electron chi connectivity index (χ3n) is 3.69. The monoisotopic (exact) mass is 228 g/mol. The Kier molecular flexibility index (Phi) is 4.78. The molecular weight excluding hydrogens is 204 g/mol. The smallest absolute Gasteiger partial charge is 0.332 e. The van der Waals surface area contributed by atoms with Crippen LogP contribution in [0, 0.1) is 17.8 Å². The molecule has 1 aliphatic rings. The molecule has 0 aromatic heterocycles. The number of carboxylic acid groups (broad SMARTS) is 1. The van der Waals surface area contributed by atoms with Crippen molar-refractivity contribution in [1.29, 1.82) is 0 Å². The number of hydrogen-bond acceptors (Lipinski definition) is 2. The van der Waals surface area contributed by atoms with Crippen LogP contribution in [-0.2, 0) is 9.53 Å². The fourth-order valence-corrected chi connectivity index (χ4v) is 2.59. The van der Waals surface area contributed by atoms with E-state index < -0.39 is 12.1 Å². The first-order valence-corrected chi connectivity index (χ1v) is 6.30. The lowest BCUT2D eigenvalue weighted by Gasteiger charge is -2.37. The van der Waals surface area contributed by atoms with E-state index in [2.05, 4.69) is 20.8 Å². The molecule has 0 heterocycles. The van der Waals surface area contributed by atoms with Crippen LogP contribution < -0.4 is 0 Å². The summed E-state index contributed by atoms with van der Waals surface area (Å²) in [5.74, 6) is 0.873. The van der Waals surface area contributed by atoms with E-state index in [0.29, 0.717) is 17.8 Å². The van der Waals surface area contributed by atoms with Gasteiger partial charge < -0.3 is 9.84 Å². The third-order valence-corrected chi connectivity index (χ3v) is 3.69. The summed E-state index contributed by atoms with van der Waals surface area (Å²) in [4.78, 5) is 10.8. The minimum absolute atomic E-state index is 0.120. The van der Waals surface area contributed by atoms with Crippen molar-refractivity contribution in [3.05, 3.63) is 0 Å². The Morgan fingerprint density at radius 2 is 1.94 bits per heavy atom. The summed E-state index contributed by atoms with van der Waals surface area (Å²) in [6, 6.07) is 0. The number of carboxylic acids is 1. The molecular formula is C13H24O3. The standard InChI is InChI=1S/C13H24O3/c1-8(2)11-6-5-9(3)7-12(11)16-10(4)13(14)15/h8-12H,5-7H2,1-4H3,(H,14,15). The molecule has 0 aromatic rings. The molecule has 0 radical (unpaired) electrons. The van der Waals surface area contributed by atoms with Crippen molar-refractivity contribution >= 4 is 5.97 Å². The van der Waals surface area contributed by atoms with E-state index in [1.54, 1.807) is 6.92 Å². The number of carbonyl (C=O) groups is 1. The Hall–Kier alpha value is -0.570. The van der Waals surface area contributed by atoms with E-state index >= 15 is 0 Å². The van der Waals surface area contributed by atoms with Crippen LogP contribution in [0.1, 0.15) is 47.0 Å². The molecule has 4 atom stereocenters. The summed E-state index contributed by atoms with van der Waals surface area (Å²) in [5, 5.41) is 8.88. The number of rotatable bonds is 4. The molecule has 4 unspecified atom stereocenters. The molecule has 16 heavy (non-hydrogen) atoms. The third kappa shape index (κ3) is 3.48. The molecule has 0 aliphatic heterocycles. The van der Waals surface area contributed by atoms with Crippen molar-refractivity contribution in [2.45, 2.75) is 59.2 Å². The summed E-state index contributed by atoms with van der Waals surface area (Å²) in [7, 11) is 0. The lowest BCUT2D eigenvalue weighted by atomic mass is 9.75. The summed E-state index contributed by atoms with van der Waals surface area (Å²) >= 11 is 0. The zero-order valence-corrected chi connectivity index (χ0v) is 10.8. The van der Waals surface area contributed by atoms with E-state index in [1.807, 2.05) is 0 Å². The van der Waals surface area contributed by atoms with Crippen molar-refractivity contribution in [3.8, 4) is 0 Å². The van der Waals surface area contributed by atoms with Gasteiger partial charge in [0, 0.05) is 0 Å². The SMILES string of the molecule is CC1CCC(C(C)C)C(OC(C)C(=O)O)C1. The quantitative estimate of drug-likeness (QED) is 0.804. The molecule has 0 aromatic carbocycles. The van der Waals surface area contributed by atoms with Gasteiger partial charge in [-0.2, -0.15) is 0 Å². The van der Waals surface area contributed by atoms with Crippen LogP contribution in [0.2, 0.25) is 0 Å². The Bertz CT molecular complexity index is 237. The van der Waals surface area contributed by atoms with Gasteiger partial charge in [0.2, 0.25) is 0 Å². The average Bonchev–Trinajstić information content (AvgIpc) is 2.16. The van der Waals surface area contributed by atoms with Gasteiger partial charge in [0.25, 0.3) is 0 Å². The van der Waals surface area contributed by atoms with Crippen molar-refractivity contribution in [1.82, 2.24) is 0 Å². The Labute approximate surface area is 98.2 Å². The van der Waals surface area contributed by atoms with Crippen LogP contribution in [0.15, 0.2) is 0 Å². The van der Waals surface area contributed by atoms with Crippen molar-refractivity contribution in [2.75, 3.05) is 0 Å². The van der Waals surface area contributed by atoms with E-state index in [-0.39, 0.29) is 6.10 Å². The largest absolute Gasteiger partial charge is 0.479 e. The van der Waals surface area contributed by atoms with Gasteiger partial charge in [-0.3, -0.25) is 0 Å². The van der Waals surface area contributed by atoms with E-state index in [9.17, 15) is 4.79 Å². The summed E-state index contributed by atoms with van der Waals surface area (Å²) in [6.45, 7) is 8.24. The molecule has 1 saturated carbocycles. The summed E-state index contributed by atoms with van der Waals surface area (Å²) in [5.41, 5.74) is 0. The van der Waals surface area contributed by atoms with Crippen LogP contribution in [0.3, 0.4) is 0 Å². The number of hydrogen-bond donors (Lipinski definition) is 1. The van der Waals surface area contributed by atoms with Crippen LogP contribution in [0.25, 0.3) is 0 Å². The van der Waals surface area contributed by atoms with Crippen LogP contribution in [0.4, 0.5) is 0 Å². The maximum Gasteiger partial charge on any atom is 0.332 e. The Balaban J connectivity index is 2.60. The van der Waals surface area contributed by atoms with Gasteiger partial charge in [-0.15, -0.1) is 0 Å². The molecule has 1 rings (SSSR count). The molecule has 0 spiro atoms. The molecule has 1 aliphatic carbocycles. The molecule has 0 bridgehead atoms. The van der Waals surface area contributed by atoms with Crippen LogP contribution in [-0.4, -0.2) is 23.3 Å². The van der Waals surface area contributed by atoms with Crippen LogP contribution >= 0.6 is 0 Å². The predicted molar refractivity (Wildman–Crippen MR) is 63.3 cm³/mol. The Morgan fingerprint density at radius 3 is 2.44 bits per heavy atom. The average molecular weight is 228 g/mol. The van der Waals surface area contributed by atoms with Gasteiger partial charge in [-0.05, 0) is 37.5 Å². The molecule has 0 amide bonds. The van der Waals surface area contributed by atoms with Gasteiger partial charge in [-0.1, -0.05) is 27.2 Å². The lowest BCUT2D eigenvalue weighted by Crippen LogP contribution is -2.38. The van der Waals surface area contributed by atoms with Gasteiger partial charge >= 0.3 is 5.97 Å². The molecule has 94 valence electrons. The van der Waals surface area contributed by atoms with Gasteiger partial charge in [0.15, 0.2) is 6.10 Å². The first-order chi connectivity index (χ1) is 7.41. The minimum atomic E-state index is -0.860. The highest BCUT2D eigenvalue weighted by atomic mass is 16.5. The maximum atomic E-state index is 10.8. The number of aliphatic carboxylic acids is 1. The topological polar surface area (TPSA) is 46.5 Å². The van der Waals surface area contributed by atoms with E-state index in [4.69, 9.17) is 9.84 Å². The van der Waals surface area contributed by atoms with Crippen molar-refractivity contribution < 1.29 is 14.6 Å². The maximum absolute atomic E-state index is 10.8. The Morgan fingerprint density at radius 1 is 1.31 bits per heavy atom. The molecule has 3 nitrogen and oxygen atoms in total. The lowest BCUT2D eigenvalue weighted by molar-refractivity contribution is -0.158. The zero-order valence-electron chi connectivity index (χ0n) is 10.8. The molecule has 0 saturated heterocycles. The second-order valence-corrected chi connectivity index (χ2v) is 5.48.